The minimum absolute atomic E-state index is 0.637. The number of hydrogen-bond acceptors (Lipinski definition) is 4. The second-order valence-corrected chi connectivity index (χ2v) is 13.5. The molecule has 2 heterocycles. The summed E-state index contributed by atoms with van der Waals surface area (Å²) in [6.07, 6.45) is 0. The predicted octanol–water partition coefficient (Wildman–Crippen LogP) is 12.7. The second kappa shape index (κ2) is 13.4. The van der Waals surface area contributed by atoms with Crippen molar-refractivity contribution in [2.45, 2.75) is 0 Å². The minimum atomic E-state index is 0.637. The number of aromatic nitrogens is 4. The molecule has 0 bridgehead atoms. The number of hydrogen-bond donors (Lipinski definition) is 0. The fraction of sp³-hybridized carbons (Fsp3) is 0. The number of pyridine rings is 1. The molecule has 10 aromatic rings. The first-order chi connectivity index (χ1) is 26.7. The molecule has 0 fully saturated rings. The van der Waals surface area contributed by atoms with Gasteiger partial charge >= 0.3 is 0 Å². The lowest BCUT2D eigenvalue weighted by Crippen LogP contribution is -2.00. The Morgan fingerprint density at radius 2 is 0.741 bits per heavy atom. The van der Waals surface area contributed by atoms with Gasteiger partial charge in [-0.05, 0) is 51.2 Å². The van der Waals surface area contributed by atoms with Crippen LogP contribution in [0.5, 0.6) is 0 Å². The molecule has 10 rings (SSSR count). The minimum Gasteiger partial charge on any atom is -0.247 e. The van der Waals surface area contributed by atoms with Crippen molar-refractivity contribution < 1.29 is 0 Å². The third kappa shape index (κ3) is 5.76. The third-order valence-electron chi connectivity index (χ3n) is 10.1. The molecule has 0 aliphatic rings. The van der Waals surface area contributed by atoms with Gasteiger partial charge in [-0.1, -0.05) is 176 Å². The standard InChI is InChI=1S/C50H32N4/c1-4-13-33(14-5-1)39-20-12-21-41(31-39)47-43-29-27-35-15-10-11-22-42(35)46(43)44-32-40(28-30-45(44)51-47)34-23-25-38(26-24-34)50-53-48(36-16-6-2-7-17-36)52-49(54-50)37-18-8-3-9-19-37/h1-32H. The van der Waals surface area contributed by atoms with E-state index in [2.05, 4.69) is 133 Å². The van der Waals surface area contributed by atoms with E-state index >= 15 is 0 Å². The molecule has 2 aromatic heterocycles. The van der Waals surface area contributed by atoms with E-state index in [4.69, 9.17) is 19.9 Å². The molecule has 0 aliphatic carbocycles. The van der Waals surface area contributed by atoms with Gasteiger partial charge in [0.2, 0.25) is 0 Å². The van der Waals surface area contributed by atoms with Crippen LogP contribution in [-0.2, 0) is 0 Å². The topological polar surface area (TPSA) is 51.6 Å². The Morgan fingerprint density at radius 3 is 1.41 bits per heavy atom. The van der Waals surface area contributed by atoms with Gasteiger partial charge in [0.05, 0.1) is 11.2 Å². The quantitative estimate of drug-likeness (QED) is 0.163. The van der Waals surface area contributed by atoms with Crippen LogP contribution in [0.1, 0.15) is 0 Å². The Balaban J connectivity index is 1.09. The smallest absolute Gasteiger partial charge is 0.164 e. The summed E-state index contributed by atoms with van der Waals surface area (Å²) >= 11 is 0. The molecule has 0 spiro atoms. The third-order valence-corrected chi connectivity index (χ3v) is 10.1. The molecule has 0 N–H and O–H groups in total. The number of rotatable bonds is 6. The lowest BCUT2D eigenvalue weighted by Gasteiger charge is -2.15. The van der Waals surface area contributed by atoms with E-state index in [9.17, 15) is 0 Å². The average Bonchev–Trinajstić information content (AvgIpc) is 3.26. The second-order valence-electron chi connectivity index (χ2n) is 13.5. The monoisotopic (exact) mass is 688 g/mol. The van der Waals surface area contributed by atoms with Crippen molar-refractivity contribution in [2.75, 3.05) is 0 Å². The number of nitrogens with zero attached hydrogens (tertiary/aromatic N) is 4. The van der Waals surface area contributed by atoms with Gasteiger partial charge in [-0.15, -0.1) is 0 Å². The van der Waals surface area contributed by atoms with Crippen molar-refractivity contribution >= 4 is 32.4 Å². The summed E-state index contributed by atoms with van der Waals surface area (Å²) in [5.41, 5.74) is 10.5. The SMILES string of the molecule is c1ccc(-c2cccc(-c3nc4ccc(-c5ccc(-c6nc(-c7ccccc7)nc(-c7ccccc7)n6)cc5)cc4c4c3ccc3ccccc34)c2)cc1. The molecule has 0 atom stereocenters. The first-order valence-corrected chi connectivity index (χ1v) is 18.1. The van der Waals surface area contributed by atoms with E-state index in [-0.39, 0.29) is 0 Å². The molecule has 0 aliphatic heterocycles. The summed E-state index contributed by atoms with van der Waals surface area (Å²) < 4.78 is 0. The van der Waals surface area contributed by atoms with Crippen LogP contribution in [0.2, 0.25) is 0 Å². The Labute approximate surface area is 313 Å². The first kappa shape index (κ1) is 31.4. The van der Waals surface area contributed by atoms with Crippen LogP contribution in [-0.4, -0.2) is 19.9 Å². The van der Waals surface area contributed by atoms with Gasteiger partial charge in [0, 0.05) is 38.4 Å². The summed E-state index contributed by atoms with van der Waals surface area (Å²) in [4.78, 5) is 20.1. The maximum Gasteiger partial charge on any atom is 0.164 e. The number of fused-ring (bicyclic) bond motifs is 5. The number of benzene rings is 8. The molecule has 0 saturated heterocycles. The Kier molecular flexibility index (Phi) is 7.77. The van der Waals surface area contributed by atoms with Crippen molar-refractivity contribution in [3.63, 3.8) is 0 Å². The van der Waals surface area contributed by atoms with Crippen molar-refractivity contribution in [1.29, 1.82) is 0 Å². The van der Waals surface area contributed by atoms with E-state index in [1.807, 2.05) is 60.7 Å². The fourth-order valence-electron chi connectivity index (χ4n) is 7.40. The van der Waals surface area contributed by atoms with E-state index in [0.29, 0.717) is 17.5 Å². The van der Waals surface area contributed by atoms with Crippen molar-refractivity contribution in [1.82, 2.24) is 19.9 Å². The van der Waals surface area contributed by atoms with Gasteiger partial charge in [0.25, 0.3) is 0 Å². The summed E-state index contributed by atoms with van der Waals surface area (Å²) in [7, 11) is 0. The summed E-state index contributed by atoms with van der Waals surface area (Å²) in [5.74, 6) is 1.94. The normalized spacial score (nSPS) is 11.3. The molecule has 0 amide bonds. The zero-order valence-electron chi connectivity index (χ0n) is 29.3. The molecule has 252 valence electrons. The molecule has 0 radical (unpaired) electrons. The lowest BCUT2D eigenvalue weighted by atomic mass is 9.92. The Bertz CT molecular complexity index is 2900. The van der Waals surface area contributed by atoms with Gasteiger partial charge in [-0.2, -0.15) is 0 Å². The van der Waals surface area contributed by atoms with E-state index in [0.717, 1.165) is 55.4 Å². The maximum atomic E-state index is 5.35. The summed E-state index contributed by atoms with van der Waals surface area (Å²) in [6, 6.07) is 67.6. The van der Waals surface area contributed by atoms with Crippen LogP contribution in [0.3, 0.4) is 0 Å². The van der Waals surface area contributed by atoms with Crippen molar-refractivity contribution in [3.8, 4) is 67.7 Å². The highest BCUT2D eigenvalue weighted by atomic mass is 15.0. The van der Waals surface area contributed by atoms with Gasteiger partial charge < -0.3 is 0 Å². The maximum absolute atomic E-state index is 5.35. The molecule has 0 saturated carbocycles. The molecular weight excluding hydrogens is 657 g/mol. The summed E-state index contributed by atoms with van der Waals surface area (Å²) in [5, 5.41) is 5.90. The van der Waals surface area contributed by atoms with Crippen molar-refractivity contribution in [2.24, 2.45) is 0 Å². The largest absolute Gasteiger partial charge is 0.247 e. The summed E-state index contributed by atoms with van der Waals surface area (Å²) in [6.45, 7) is 0. The highest BCUT2D eigenvalue weighted by Gasteiger charge is 2.16. The van der Waals surface area contributed by atoms with E-state index < -0.39 is 0 Å². The predicted molar refractivity (Wildman–Crippen MR) is 223 cm³/mol. The van der Waals surface area contributed by atoms with Gasteiger partial charge in [-0.3, -0.25) is 0 Å². The Hall–Kier alpha value is -7.30. The van der Waals surface area contributed by atoms with Crippen molar-refractivity contribution in [3.05, 3.63) is 194 Å². The molecule has 4 heteroatoms. The molecular formula is C50H32N4. The zero-order chi connectivity index (χ0) is 35.8. The van der Waals surface area contributed by atoms with Crippen LogP contribution >= 0.6 is 0 Å². The lowest BCUT2D eigenvalue weighted by molar-refractivity contribution is 1.07. The van der Waals surface area contributed by atoms with E-state index in [1.165, 1.54) is 27.3 Å². The zero-order valence-corrected chi connectivity index (χ0v) is 29.3. The first-order valence-electron chi connectivity index (χ1n) is 18.1. The highest BCUT2D eigenvalue weighted by Crippen LogP contribution is 2.39. The van der Waals surface area contributed by atoms with Gasteiger partial charge in [0.15, 0.2) is 17.5 Å². The van der Waals surface area contributed by atoms with Crippen LogP contribution in [0.25, 0.3) is 100 Å². The van der Waals surface area contributed by atoms with Crippen LogP contribution in [0, 0.1) is 0 Å². The van der Waals surface area contributed by atoms with Gasteiger partial charge in [-0.25, -0.2) is 19.9 Å². The molecule has 8 aromatic carbocycles. The fourth-order valence-corrected chi connectivity index (χ4v) is 7.40. The van der Waals surface area contributed by atoms with Crippen LogP contribution in [0.4, 0.5) is 0 Å². The molecule has 54 heavy (non-hydrogen) atoms. The highest BCUT2D eigenvalue weighted by molar-refractivity contribution is 6.22. The van der Waals surface area contributed by atoms with Crippen LogP contribution < -0.4 is 0 Å². The van der Waals surface area contributed by atoms with Crippen LogP contribution in [0.15, 0.2) is 194 Å². The van der Waals surface area contributed by atoms with Gasteiger partial charge in [0.1, 0.15) is 0 Å². The van der Waals surface area contributed by atoms with E-state index in [1.54, 1.807) is 0 Å². The Morgan fingerprint density at radius 1 is 0.259 bits per heavy atom. The molecule has 0 unspecified atom stereocenters. The molecule has 4 nitrogen and oxygen atoms in total. The average molecular weight is 689 g/mol.